The van der Waals surface area contributed by atoms with Gasteiger partial charge in [-0.2, -0.15) is 0 Å². The molecular formula is C58H80N2O13. The number of carbonyl (C=O) groups is 4. The van der Waals surface area contributed by atoms with E-state index in [1.807, 2.05) is 76.2 Å². The molecule has 6 N–H and O–H groups in total. The van der Waals surface area contributed by atoms with Crippen LogP contribution in [0.2, 0.25) is 0 Å². The van der Waals surface area contributed by atoms with E-state index < -0.39 is 22.4 Å². The third kappa shape index (κ3) is 19.4. The van der Waals surface area contributed by atoms with E-state index in [4.69, 9.17) is 23.7 Å². The van der Waals surface area contributed by atoms with Crippen molar-refractivity contribution >= 4 is 23.1 Å². The quantitative estimate of drug-likeness (QED) is 0.0211. The fourth-order valence-electron chi connectivity index (χ4n) is 7.71. The highest BCUT2D eigenvalue weighted by atomic mass is 16.6. The first-order valence-electron chi connectivity index (χ1n) is 25.0. The lowest BCUT2D eigenvalue weighted by atomic mass is 9.91. The fourth-order valence-corrected chi connectivity index (χ4v) is 7.71. The van der Waals surface area contributed by atoms with Gasteiger partial charge in [-0.1, -0.05) is 97.1 Å². The normalized spacial score (nSPS) is 14.3. The molecule has 15 nitrogen and oxygen atoms in total. The zero-order valence-corrected chi connectivity index (χ0v) is 44.8. The van der Waals surface area contributed by atoms with Crippen molar-refractivity contribution in [2.75, 3.05) is 52.9 Å². The first kappa shape index (κ1) is 60.7. The molecule has 4 aromatic rings. The summed E-state index contributed by atoms with van der Waals surface area (Å²) >= 11 is 0. The average molecular weight is 1010 g/mol. The summed E-state index contributed by atoms with van der Waals surface area (Å²) in [7, 11) is 0. The van der Waals surface area contributed by atoms with Crippen LogP contribution in [0.4, 0.5) is 0 Å². The number of rotatable bonds is 32. The van der Waals surface area contributed by atoms with E-state index in [2.05, 4.69) is 10.6 Å². The van der Waals surface area contributed by atoms with E-state index in [1.165, 1.54) is 55.4 Å². The Kier molecular flexibility index (Phi) is 22.5. The minimum Gasteiger partial charge on any atom is -0.382 e. The molecule has 0 aliphatic rings. The Morgan fingerprint density at radius 3 is 0.822 bits per heavy atom. The van der Waals surface area contributed by atoms with Crippen LogP contribution >= 0.6 is 0 Å². The van der Waals surface area contributed by atoms with Gasteiger partial charge in [0.1, 0.15) is 22.4 Å². The van der Waals surface area contributed by atoms with Crippen molar-refractivity contribution < 1.29 is 63.3 Å². The molecule has 0 amide bonds. The van der Waals surface area contributed by atoms with E-state index in [-0.39, 0.29) is 59.5 Å². The summed E-state index contributed by atoms with van der Waals surface area (Å²) in [6.45, 7) is 22.5. The second kappa shape index (κ2) is 27.1. The van der Waals surface area contributed by atoms with Gasteiger partial charge in [-0.05, 0) is 105 Å². The van der Waals surface area contributed by atoms with E-state index in [0.717, 1.165) is 22.3 Å². The number of ether oxygens (including phenoxy) is 5. The van der Waals surface area contributed by atoms with Crippen molar-refractivity contribution in [3.05, 3.63) is 142 Å². The van der Waals surface area contributed by atoms with Crippen LogP contribution in [0.3, 0.4) is 0 Å². The number of hydrogen-bond donors (Lipinski definition) is 6. The Labute approximate surface area is 432 Å². The standard InChI is InChI=1S/C58H80N2O13/c1-37(59-49(41-13-21-45(22-14-41)51(61)55(5,6)65)42-15-23-46(24-16-42)52(62)56(7,8)66)33-72-39(3)35-70-31-29-69-30-32-71-36-40(4)73-34-38(2)60-50(43-17-25-47(26-18-43)53(63)57(9,10)67)44-19-27-48(28-20-44)54(64)58(11,12)68/h13-28,37-40,49-50,59-60,65-68H,29-36H2,1-12H3. The van der Waals surface area contributed by atoms with Gasteiger partial charge in [0, 0.05) is 34.3 Å². The number of ketones is 4. The van der Waals surface area contributed by atoms with Crippen molar-refractivity contribution in [3.8, 4) is 0 Å². The number of Topliss-reactive ketones (excluding diaryl/α,β-unsaturated/α-hetero) is 4. The van der Waals surface area contributed by atoms with Crippen LogP contribution in [-0.2, 0) is 23.7 Å². The van der Waals surface area contributed by atoms with Crippen LogP contribution in [0.15, 0.2) is 97.1 Å². The van der Waals surface area contributed by atoms with Gasteiger partial charge in [-0.15, -0.1) is 0 Å². The van der Waals surface area contributed by atoms with Crippen LogP contribution in [0.5, 0.6) is 0 Å². The minimum atomic E-state index is -1.51. The Hall–Kier alpha value is -4.88. The molecule has 0 aromatic heterocycles. The minimum absolute atomic E-state index is 0.127. The second-order valence-electron chi connectivity index (χ2n) is 21.1. The highest BCUT2D eigenvalue weighted by Gasteiger charge is 2.30. The van der Waals surface area contributed by atoms with Crippen molar-refractivity contribution in [3.63, 3.8) is 0 Å². The lowest BCUT2D eigenvalue weighted by molar-refractivity contribution is -0.0446. The molecule has 0 saturated heterocycles. The second-order valence-corrected chi connectivity index (χ2v) is 21.1. The Bertz CT molecular complexity index is 2050. The third-order valence-corrected chi connectivity index (χ3v) is 11.9. The molecule has 4 atom stereocenters. The van der Waals surface area contributed by atoms with Crippen molar-refractivity contribution in [2.24, 2.45) is 0 Å². The van der Waals surface area contributed by atoms with Crippen molar-refractivity contribution in [2.45, 2.75) is 142 Å². The van der Waals surface area contributed by atoms with E-state index in [0.29, 0.717) is 75.1 Å². The molecule has 0 saturated carbocycles. The van der Waals surface area contributed by atoms with Gasteiger partial charge in [0.05, 0.1) is 77.1 Å². The van der Waals surface area contributed by atoms with Gasteiger partial charge in [0.25, 0.3) is 0 Å². The number of carbonyl (C=O) groups excluding carboxylic acids is 4. The fraction of sp³-hybridized carbons (Fsp3) is 0.517. The summed E-state index contributed by atoms with van der Waals surface area (Å²) in [6, 6.07) is 27.3. The van der Waals surface area contributed by atoms with Gasteiger partial charge in [-0.25, -0.2) is 0 Å². The predicted octanol–water partition coefficient (Wildman–Crippen LogP) is 7.20. The van der Waals surface area contributed by atoms with Gasteiger partial charge in [0.2, 0.25) is 0 Å². The summed E-state index contributed by atoms with van der Waals surface area (Å²) in [6.07, 6.45) is -0.411. The largest absolute Gasteiger partial charge is 0.382 e. The summed E-state index contributed by atoms with van der Waals surface area (Å²) in [5.41, 5.74) is -1.00. The predicted molar refractivity (Wildman–Crippen MR) is 280 cm³/mol. The van der Waals surface area contributed by atoms with E-state index >= 15 is 0 Å². The van der Waals surface area contributed by atoms with Crippen LogP contribution in [0, 0.1) is 0 Å². The first-order chi connectivity index (χ1) is 34.1. The van der Waals surface area contributed by atoms with Crippen LogP contribution in [-0.4, -0.2) is 143 Å². The topological polar surface area (TPSA) is 219 Å². The monoisotopic (exact) mass is 1010 g/mol. The lowest BCUT2D eigenvalue weighted by Crippen LogP contribution is -2.36. The average Bonchev–Trinajstić information content (AvgIpc) is 3.33. The molecule has 0 fully saturated rings. The molecule has 0 radical (unpaired) electrons. The molecule has 400 valence electrons. The van der Waals surface area contributed by atoms with Crippen LogP contribution in [0.25, 0.3) is 0 Å². The Balaban J connectivity index is 1.17. The maximum Gasteiger partial charge on any atom is 0.193 e. The summed E-state index contributed by atoms with van der Waals surface area (Å²) in [4.78, 5) is 50.8. The van der Waals surface area contributed by atoms with Gasteiger partial charge < -0.3 is 54.7 Å². The zero-order valence-electron chi connectivity index (χ0n) is 44.8. The number of hydrogen-bond acceptors (Lipinski definition) is 15. The number of aliphatic hydroxyl groups is 4. The molecule has 0 heterocycles. The summed E-state index contributed by atoms with van der Waals surface area (Å²) in [5, 5.41) is 48.2. The number of benzene rings is 4. The van der Waals surface area contributed by atoms with Gasteiger partial charge >= 0.3 is 0 Å². The molecule has 0 aliphatic heterocycles. The zero-order chi connectivity index (χ0) is 54.3. The van der Waals surface area contributed by atoms with Crippen LogP contribution < -0.4 is 10.6 Å². The summed E-state index contributed by atoms with van der Waals surface area (Å²) in [5.74, 6) is -1.54. The summed E-state index contributed by atoms with van der Waals surface area (Å²) < 4.78 is 29.6. The first-order valence-corrected chi connectivity index (χ1v) is 25.0. The molecule has 15 heteroatoms. The molecule has 4 rings (SSSR count). The molecule has 73 heavy (non-hydrogen) atoms. The van der Waals surface area contributed by atoms with Gasteiger partial charge in [-0.3, -0.25) is 19.2 Å². The highest BCUT2D eigenvalue weighted by molar-refractivity contribution is 6.03. The Morgan fingerprint density at radius 1 is 0.384 bits per heavy atom. The third-order valence-electron chi connectivity index (χ3n) is 11.9. The number of nitrogens with one attached hydrogen (secondary N) is 2. The maximum absolute atomic E-state index is 12.7. The molecule has 0 bridgehead atoms. The highest BCUT2D eigenvalue weighted by Crippen LogP contribution is 2.28. The SMILES string of the molecule is CC(COC(C)COCCOCCOCC(C)OCC(C)NC(c1ccc(C(=O)C(C)(C)O)cc1)c1ccc(C(=O)C(C)(C)O)cc1)NC(c1ccc(C(=O)C(C)(C)O)cc1)c1ccc(C(=O)C(C)(C)O)cc1. The van der Waals surface area contributed by atoms with E-state index in [9.17, 15) is 39.6 Å². The van der Waals surface area contributed by atoms with Gasteiger partial charge in [0.15, 0.2) is 23.1 Å². The molecular weight excluding hydrogens is 933 g/mol. The van der Waals surface area contributed by atoms with Crippen molar-refractivity contribution in [1.29, 1.82) is 0 Å². The van der Waals surface area contributed by atoms with Crippen LogP contribution in [0.1, 0.15) is 159 Å². The molecule has 0 aliphatic carbocycles. The molecule has 0 spiro atoms. The Morgan fingerprint density at radius 2 is 0.603 bits per heavy atom. The van der Waals surface area contributed by atoms with Crippen molar-refractivity contribution in [1.82, 2.24) is 10.6 Å². The molecule has 4 unspecified atom stereocenters. The lowest BCUT2D eigenvalue weighted by Gasteiger charge is -2.26. The maximum atomic E-state index is 12.7. The molecule has 4 aromatic carbocycles. The smallest absolute Gasteiger partial charge is 0.193 e. The van der Waals surface area contributed by atoms with E-state index in [1.54, 1.807) is 48.5 Å².